The van der Waals surface area contributed by atoms with Crippen LogP contribution in [0.3, 0.4) is 0 Å². The van der Waals surface area contributed by atoms with Gasteiger partial charge in [-0.2, -0.15) is 0 Å². The Hall–Kier alpha value is -2.51. The van der Waals surface area contributed by atoms with Gasteiger partial charge in [-0.3, -0.25) is 9.52 Å². The summed E-state index contributed by atoms with van der Waals surface area (Å²) in [7, 11) is 1.86. The van der Waals surface area contributed by atoms with Gasteiger partial charge in [-0.25, -0.2) is 4.79 Å². The Morgan fingerprint density at radius 3 is 2.89 bits per heavy atom. The molecule has 1 aliphatic heterocycles. The molecule has 0 fully saturated rings. The topological polar surface area (TPSA) is 83.2 Å². The Kier molecular flexibility index (Phi) is 4.57. The van der Waals surface area contributed by atoms with E-state index in [9.17, 15) is 9.59 Å². The van der Waals surface area contributed by atoms with Gasteiger partial charge >= 0.3 is 5.97 Å². The molecule has 27 heavy (non-hydrogen) atoms. The number of hydrogen-bond donors (Lipinski definition) is 3. The van der Waals surface area contributed by atoms with Crippen LogP contribution in [0.15, 0.2) is 23.1 Å². The zero-order chi connectivity index (χ0) is 19.1. The maximum absolute atomic E-state index is 12.7. The number of fused-ring (bicyclic) bond motifs is 2. The number of aromatic amines is 1. The van der Waals surface area contributed by atoms with Gasteiger partial charge in [-0.15, -0.1) is 0 Å². The molecule has 2 aromatic rings. The van der Waals surface area contributed by atoms with Gasteiger partial charge in [-0.1, -0.05) is 0 Å². The third kappa shape index (κ3) is 2.87. The van der Waals surface area contributed by atoms with Gasteiger partial charge in [0, 0.05) is 27.5 Å². The summed E-state index contributed by atoms with van der Waals surface area (Å²) in [5.74, 6) is -0.396. The predicted octanol–water partition coefficient (Wildman–Crippen LogP) is 3.54. The van der Waals surface area contributed by atoms with E-state index in [-0.39, 0.29) is 11.9 Å². The fourth-order valence-electron chi connectivity index (χ4n) is 3.92. The zero-order valence-corrected chi connectivity index (χ0v) is 16.3. The summed E-state index contributed by atoms with van der Waals surface area (Å²) in [5.41, 5.74) is 6.63. The third-order valence-corrected chi connectivity index (χ3v) is 5.65. The molecule has 1 aromatic carbocycles. The third-order valence-electron chi connectivity index (χ3n) is 4.95. The molecule has 0 saturated carbocycles. The average molecular weight is 383 g/mol. The molecule has 4 rings (SSSR count). The first-order valence-electron chi connectivity index (χ1n) is 8.96. The minimum atomic E-state index is -0.303. The van der Waals surface area contributed by atoms with E-state index in [4.69, 9.17) is 4.74 Å². The SMILES string of the molecule is CCOC(=O)c1c(C)[nH]c2c1CC/C2=C1/C(=O)Nc2ccc(SNC)cc21. The van der Waals surface area contributed by atoms with Crippen LogP contribution in [0.4, 0.5) is 5.69 Å². The molecule has 140 valence electrons. The second kappa shape index (κ2) is 6.90. The minimum absolute atomic E-state index is 0.0932. The molecule has 1 aliphatic carbocycles. The number of carbonyl (C=O) groups excluding carboxylic acids is 2. The van der Waals surface area contributed by atoms with Crippen molar-refractivity contribution in [2.24, 2.45) is 0 Å². The largest absolute Gasteiger partial charge is 0.462 e. The molecule has 3 N–H and O–H groups in total. The number of H-pyrrole nitrogens is 1. The van der Waals surface area contributed by atoms with Crippen molar-refractivity contribution < 1.29 is 14.3 Å². The van der Waals surface area contributed by atoms with E-state index in [1.54, 1.807) is 6.92 Å². The lowest BCUT2D eigenvalue weighted by Crippen LogP contribution is -2.07. The van der Waals surface area contributed by atoms with Crippen LogP contribution in [-0.2, 0) is 16.0 Å². The summed E-state index contributed by atoms with van der Waals surface area (Å²) in [5, 5.41) is 2.96. The summed E-state index contributed by atoms with van der Waals surface area (Å²) >= 11 is 1.51. The van der Waals surface area contributed by atoms with Crippen LogP contribution in [0.2, 0.25) is 0 Å². The monoisotopic (exact) mass is 383 g/mol. The zero-order valence-electron chi connectivity index (χ0n) is 15.5. The standard InChI is InChI=1S/C20H21N3O3S/c1-4-26-20(25)16-10(2)22-18-12(16)6-7-13(18)17-14-9-11(27-21-3)5-8-15(14)23-19(17)24/h5,8-9,21-22H,4,6-7H2,1-3H3,(H,23,24)/b17-13-. The number of aryl methyl sites for hydroxylation is 1. The van der Waals surface area contributed by atoms with E-state index in [1.807, 2.05) is 32.2 Å². The fourth-order valence-corrected chi connectivity index (χ4v) is 4.46. The molecule has 0 saturated heterocycles. The molecule has 0 bridgehead atoms. The maximum Gasteiger partial charge on any atom is 0.340 e. The van der Waals surface area contributed by atoms with Crippen LogP contribution in [0.5, 0.6) is 0 Å². The molecule has 6 nitrogen and oxygen atoms in total. The predicted molar refractivity (Wildman–Crippen MR) is 107 cm³/mol. The smallest absolute Gasteiger partial charge is 0.340 e. The number of hydrogen-bond acceptors (Lipinski definition) is 5. The second-order valence-electron chi connectivity index (χ2n) is 6.52. The van der Waals surface area contributed by atoms with Crippen molar-refractivity contribution in [1.82, 2.24) is 9.71 Å². The first kappa shape index (κ1) is 17.9. The summed E-state index contributed by atoms with van der Waals surface area (Å²) in [6.45, 7) is 4.01. The highest BCUT2D eigenvalue weighted by molar-refractivity contribution is 7.97. The number of aromatic nitrogens is 1. The maximum atomic E-state index is 12.7. The van der Waals surface area contributed by atoms with E-state index < -0.39 is 0 Å². The van der Waals surface area contributed by atoms with Gasteiger partial charge in [0.2, 0.25) is 0 Å². The van der Waals surface area contributed by atoms with Gasteiger partial charge in [0.15, 0.2) is 0 Å². The van der Waals surface area contributed by atoms with E-state index in [2.05, 4.69) is 15.0 Å². The van der Waals surface area contributed by atoms with Crippen molar-refractivity contribution >= 4 is 40.7 Å². The van der Waals surface area contributed by atoms with Crippen molar-refractivity contribution in [2.45, 2.75) is 31.6 Å². The molecule has 1 amide bonds. The van der Waals surface area contributed by atoms with Crippen LogP contribution in [0.1, 0.15) is 46.2 Å². The van der Waals surface area contributed by atoms with Gasteiger partial charge in [0.05, 0.1) is 17.7 Å². The fraction of sp³-hybridized carbons (Fsp3) is 0.300. The van der Waals surface area contributed by atoms with Gasteiger partial charge < -0.3 is 15.0 Å². The highest BCUT2D eigenvalue weighted by atomic mass is 32.2. The quantitative estimate of drug-likeness (QED) is 0.427. The first-order valence-corrected chi connectivity index (χ1v) is 9.78. The highest BCUT2D eigenvalue weighted by Gasteiger charge is 2.34. The minimum Gasteiger partial charge on any atom is -0.462 e. The molecule has 1 aromatic heterocycles. The summed E-state index contributed by atoms with van der Waals surface area (Å²) in [6, 6.07) is 5.93. The Morgan fingerprint density at radius 1 is 1.33 bits per heavy atom. The van der Waals surface area contributed by atoms with E-state index in [1.165, 1.54) is 11.9 Å². The van der Waals surface area contributed by atoms with Crippen LogP contribution in [0, 0.1) is 6.92 Å². The molecule has 0 radical (unpaired) electrons. The molecule has 0 atom stereocenters. The van der Waals surface area contributed by atoms with Crippen LogP contribution >= 0.6 is 11.9 Å². The number of benzene rings is 1. The van der Waals surface area contributed by atoms with Crippen molar-refractivity contribution in [1.29, 1.82) is 0 Å². The van der Waals surface area contributed by atoms with Gasteiger partial charge in [-0.05, 0) is 75.0 Å². The second-order valence-corrected chi connectivity index (χ2v) is 7.60. The summed E-state index contributed by atoms with van der Waals surface area (Å²) < 4.78 is 8.27. The molecule has 2 heterocycles. The first-order chi connectivity index (χ1) is 13.0. The number of carbonyl (C=O) groups is 2. The number of allylic oxidation sites excluding steroid dienone is 1. The lowest BCUT2D eigenvalue weighted by molar-refractivity contribution is -0.110. The Bertz CT molecular complexity index is 991. The summed E-state index contributed by atoms with van der Waals surface area (Å²) in [6.07, 6.45) is 1.44. The molecule has 7 heteroatoms. The Balaban J connectivity index is 1.84. The van der Waals surface area contributed by atoms with Gasteiger partial charge in [0.1, 0.15) is 0 Å². The number of esters is 1. The summed E-state index contributed by atoms with van der Waals surface area (Å²) in [4.78, 5) is 29.4. The van der Waals surface area contributed by atoms with Crippen LogP contribution < -0.4 is 10.0 Å². The number of nitrogens with one attached hydrogen (secondary N) is 3. The molecule has 0 spiro atoms. The van der Waals surface area contributed by atoms with Crippen molar-refractivity contribution in [3.8, 4) is 0 Å². The molecular weight excluding hydrogens is 362 g/mol. The van der Waals surface area contributed by atoms with Crippen molar-refractivity contribution in [2.75, 3.05) is 19.0 Å². The number of ether oxygens (including phenoxy) is 1. The van der Waals surface area contributed by atoms with Crippen molar-refractivity contribution in [3.05, 3.63) is 46.3 Å². The molecule has 2 aliphatic rings. The van der Waals surface area contributed by atoms with Crippen molar-refractivity contribution in [3.63, 3.8) is 0 Å². The van der Waals surface area contributed by atoms with E-state index >= 15 is 0 Å². The van der Waals surface area contributed by atoms with Gasteiger partial charge in [0.25, 0.3) is 5.91 Å². The Morgan fingerprint density at radius 2 is 2.15 bits per heavy atom. The van der Waals surface area contributed by atoms with E-state index in [0.717, 1.165) is 51.5 Å². The average Bonchev–Trinajstić information content (AvgIpc) is 3.25. The number of anilines is 1. The number of amides is 1. The lowest BCUT2D eigenvalue weighted by Gasteiger charge is -2.06. The van der Waals surface area contributed by atoms with Crippen LogP contribution in [-0.4, -0.2) is 30.5 Å². The molecular formula is C20H21N3O3S. The molecule has 0 unspecified atom stereocenters. The Labute approximate surface area is 161 Å². The highest BCUT2D eigenvalue weighted by Crippen LogP contribution is 2.44. The normalized spacial score (nSPS) is 17.7. The lowest BCUT2D eigenvalue weighted by atomic mass is 9.99. The van der Waals surface area contributed by atoms with E-state index in [0.29, 0.717) is 17.7 Å². The number of rotatable bonds is 4. The van der Waals surface area contributed by atoms with Crippen LogP contribution in [0.25, 0.3) is 11.1 Å².